The first kappa shape index (κ1) is 12.9. The Morgan fingerprint density at radius 1 is 1.25 bits per heavy atom. The molecule has 1 aliphatic rings. The first-order chi connectivity index (χ1) is 9.63. The fourth-order valence-electron chi connectivity index (χ4n) is 2.59. The van der Waals surface area contributed by atoms with Gasteiger partial charge in [0.25, 0.3) is 5.91 Å². The standard InChI is InChI=1S/C16H18N2O2/c1-10-5-11(2)20-15(10)16(19)18-7-12-3-4-13-8-17-9-14(13)6-12/h3-6,17H,7-9H2,1-2H3,(H,18,19). The van der Waals surface area contributed by atoms with E-state index >= 15 is 0 Å². The number of aryl methyl sites for hydroxylation is 2. The summed E-state index contributed by atoms with van der Waals surface area (Å²) >= 11 is 0. The van der Waals surface area contributed by atoms with Crippen molar-refractivity contribution in [3.05, 3.63) is 58.0 Å². The van der Waals surface area contributed by atoms with Crippen molar-refractivity contribution in [1.82, 2.24) is 10.6 Å². The number of nitrogens with one attached hydrogen (secondary N) is 2. The average Bonchev–Trinajstić information content (AvgIpc) is 3.01. The lowest BCUT2D eigenvalue weighted by Crippen LogP contribution is -2.23. The summed E-state index contributed by atoms with van der Waals surface area (Å²) in [5.74, 6) is 1.01. The molecule has 1 amide bonds. The Bertz CT molecular complexity index is 658. The summed E-state index contributed by atoms with van der Waals surface area (Å²) in [6.07, 6.45) is 0. The van der Waals surface area contributed by atoms with Crippen LogP contribution in [0.1, 0.15) is 38.6 Å². The highest BCUT2D eigenvalue weighted by molar-refractivity contribution is 5.92. The van der Waals surface area contributed by atoms with Crippen LogP contribution in [0.3, 0.4) is 0 Å². The second-order valence-corrected chi connectivity index (χ2v) is 5.26. The van der Waals surface area contributed by atoms with Crippen LogP contribution in [0.25, 0.3) is 0 Å². The SMILES string of the molecule is Cc1cc(C)c(C(=O)NCc2ccc3c(c2)CNC3)o1. The molecule has 0 saturated heterocycles. The zero-order chi connectivity index (χ0) is 14.1. The number of carbonyl (C=O) groups excluding carboxylic acids is 1. The molecule has 1 aromatic carbocycles. The number of hydrogen-bond donors (Lipinski definition) is 2. The van der Waals surface area contributed by atoms with Gasteiger partial charge in [-0.3, -0.25) is 4.79 Å². The summed E-state index contributed by atoms with van der Waals surface area (Å²) in [6.45, 7) is 6.09. The molecule has 3 rings (SSSR count). The monoisotopic (exact) mass is 270 g/mol. The Morgan fingerprint density at radius 3 is 2.80 bits per heavy atom. The summed E-state index contributed by atoms with van der Waals surface area (Å²) in [5, 5.41) is 6.22. The molecule has 2 heterocycles. The Labute approximate surface area is 118 Å². The van der Waals surface area contributed by atoms with Gasteiger partial charge in [-0.25, -0.2) is 0 Å². The number of carbonyl (C=O) groups is 1. The van der Waals surface area contributed by atoms with Gasteiger partial charge in [0.1, 0.15) is 5.76 Å². The first-order valence-electron chi connectivity index (χ1n) is 6.80. The van der Waals surface area contributed by atoms with Gasteiger partial charge in [-0.2, -0.15) is 0 Å². The highest BCUT2D eigenvalue weighted by atomic mass is 16.3. The molecule has 0 fully saturated rings. The molecule has 2 N–H and O–H groups in total. The minimum atomic E-state index is -0.158. The number of hydrogen-bond acceptors (Lipinski definition) is 3. The van der Waals surface area contributed by atoms with E-state index in [9.17, 15) is 4.79 Å². The van der Waals surface area contributed by atoms with E-state index in [0.717, 1.165) is 30.0 Å². The third kappa shape index (κ3) is 2.47. The van der Waals surface area contributed by atoms with E-state index in [1.807, 2.05) is 19.9 Å². The molecule has 0 radical (unpaired) electrons. The lowest BCUT2D eigenvalue weighted by molar-refractivity contribution is 0.0921. The van der Waals surface area contributed by atoms with Gasteiger partial charge in [-0.1, -0.05) is 18.2 Å². The summed E-state index contributed by atoms with van der Waals surface area (Å²) < 4.78 is 5.42. The van der Waals surface area contributed by atoms with Crippen LogP contribution in [0.4, 0.5) is 0 Å². The topological polar surface area (TPSA) is 54.3 Å². The fourth-order valence-corrected chi connectivity index (χ4v) is 2.59. The van der Waals surface area contributed by atoms with Crippen molar-refractivity contribution in [2.75, 3.05) is 0 Å². The molecule has 4 nitrogen and oxygen atoms in total. The molecule has 4 heteroatoms. The molecule has 0 saturated carbocycles. The minimum Gasteiger partial charge on any atom is -0.456 e. The number of rotatable bonds is 3. The van der Waals surface area contributed by atoms with Gasteiger partial charge in [0.15, 0.2) is 5.76 Å². The Kier molecular flexibility index (Phi) is 3.32. The number of fused-ring (bicyclic) bond motifs is 1. The summed E-state index contributed by atoms with van der Waals surface area (Å²) in [6, 6.07) is 8.21. The van der Waals surface area contributed by atoms with Crippen LogP contribution in [0, 0.1) is 13.8 Å². The van der Waals surface area contributed by atoms with Crippen molar-refractivity contribution in [2.45, 2.75) is 33.5 Å². The molecular formula is C16H18N2O2. The van der Waals surface area contributed by atoms with Gasteiger partial charge in [0.05, 0.1) is 0 Å². The van der Waals surface area contributed by atoms with E-state index in [1.165, 1.54) is 11.1 Å². The highest BCUT2D eigenvalue weighted by Gasteiger charge is 2.15. The van der Waals surface area contributed by atoms with Crippen LogP contribution >= 0.6 is 0 Å². The van der Waals surface area contributed by atoms with Gasteiger partial charge >= 0.3 is 0 Å². The Balaban J connectivity index is 1.67. The molecule has 104 valence electrons. The van der Waals surface area contributed by atoms with Crippen molar-refractivity contribution in [3.8, 4) is 0 Å². The van der Waals surface area contributed by atoms with Crippen LogP contribution in [0.15, 0.2) is 28.7 Å². The van der Waals surface area contributed by atoms with Crippen molar-refractivity contribution < 1.29 is 9.21 Å². The third-order valence-electron chi connectivity index (χ3n) is 3.60. The third-order valence-corrected chi connectivity index (χ3v) is 3.60. The molecule has 0 bridgehead atoms. The predicted molar refractivity (Wildman–Crippen MR) is 76.3 cm³/mol. The molecule has 0 unspecified atom stereocenters. The summed E-state index contributed by atoms with van der Waals surface area (Å²) in [4.78, 5) is 12.1. The Hall–Kier alpha value is -2.07. The van der Waals surface area contributed by atoms with Gasteiger partial charge in [-0.05, 0) is 36.6 Å². The second-order valence-electron chi connectivity index (χ2n) is 5.26. The van der Waals surface area contributed by atoms with Crippen LogP contribution in [-0.4, -0.2) is 5.91 Å². The quantitative estimate of drug-likeness (QED) is 0.900. The minimum absolute atomic E-state index is 0.158. The van der Waals surface area contributed by atoms with Crippen molar-refractivity contribution in [3.63, 3.8) is 0 Å². The maximum Gasteiger partial charge on any atom is 0.287 e. The average molecular weight is 270 g/mol. The molecule has 0 atom stereocenters. The smallest absolute Gasteiger partial charge is 0.287 e. The van der Waals surface area contributed by atoms with Crippen molar-refractivity contribution in [1.29, 1.82) is 0 Å². The molecule has 1 aliphatic heterocycles. The van der Waals surface area contributed by atoms with E-state index in [1.54, 1.807) is 0 Å². The molecule has 1 aromatic heterocycles. The zero-order valence-corrected chi connectivity index (χ0v) is 11.7. The highest BCUT2D eigenvalue weighted by Crippen LogP contribution is 2.17. The predicted octanol–water partition coefficient (Wildman–Crippen LogP) is 2.43. The van der Waals surface area contributed by atoms with Crippen LogP contribution in [0.5, 0.6) is 0 Å². The van der Waals surface area contributed by atoms with Gasteiger partial charge in [0.2, 0.25) is 0 Å². The van der Waals surface area contributed by atoms with E-state index in [0.29, 0.717) is 12.3 Å². The maximum absolute atomic E-state index is 12.1. The van der Waals surface area contributed by atoms with Gasteiger partial charge < -0.3 is 15.1 Å². The lowest BCUT2D eigenvalue weighted by Gasteiger charge is -2.06. The van der Waals surface area contributed by atoms with Crippen molar-refractivity contribution in [2.24, 2.45) is 0 Å². The van der Waals surface area contributed by atoms with Gasteiger partial charge in [0, 0.05) is 25.2 Å². The van der Waals surface area contributed by atoms with Gasteiger partial charge in [-0.15, -0.1) is 0 Å². The fraction of sp³-hybridized carbons (Fsp3) is 0.312. The van der Waals surface area contributed by atoms with Crippen LogP contribution < -0.4 is 10.6 Å². The van der Waals surface area contributed by atoms with E-state index in [4.69, 9.17) is 4.42 Å². The van der Waals surface area contributed by atoms with Crippen molar-refractivity contribution >= 4 is 5.91 Å². The summed E-state index contributed by atoms with van der Waals surface area (Å²) in [5.41, 5.74) is 4.65. The Morgan fingerprint density at radius 2 is 2.05 bits per heavy atom. The largest absolute Gasteiger partial charge is 0.456 e. The molecule has 20 heavy (non-hydrogen) atoms. The van der Waals surface area contributed by atoms with Crippen LogP contribution in [0.2, 0.25) is 0 Å². The first-order valence-corrected chi connectivity index (χ1v) is 6.80. The normalized spacial score (nSPS) is 13.3. The molecular weight excluding hydrogens is 252 g/mol. The van der Waals surface area contributed by atoms with E-state index < -0.39 is 0 Å². The maximum atomic E-state index is 12.1. The molecule has 0 aliphatic carbocycles. The number of amides is 1. The number of furan rings is 1. The van der Waals surface area contributed by atoms with E-state index in [-0.39, 0.29) is 5.91 Å². The number of benzene rings is 1. The molecule has 0 spiro atoms. The molecule has 2 aromatic rings. The van der Waals surface area contributed by atoms with Crippen LogP contribution in [-0.2, 0) is 19.6 Å². The zero-order valence-electron chi connectivity index (χ0n) is 11.7. The summed E-state index contributed by atoms with van der Waals surface area (Å²) in [7, 11) is 0. The van der Waals surface area contributed by atoms with E-state index in [2.05, 4.69) is 28.8 Å². The second kappa shape index (κ2) is 5.13. The lowest BCUT2D eigenvalue weighted by atomic mass is 10.1.